The van der Waals surface area contributed by atoms with Crippen LogP contribution in [0.2, 0.25) is 0 Å². The van der Waals surface area contributed by atoms with Crippen LogP contribution in [0.4, 0.5) is 5.69 Å². The van der Waals surface area contributed by atoms with Crippen LogP contribution in [0.15, 0.2) is 18.2 Å². The van der Waals surface area contributed by atoms with Gasteiger partial charge in [0.2, 0.25) is 0 Å². The van der Waals surface area contributed by atoms with Crippen LogP contribution in [-0.4, -0.2) is 24.6 Å². The van der Waals surface area contributed by atoms with E-state index in [2.05, 4.69) is 0 Å². The number of carbonyl (C=O) groups excluding carboxylic acids is 1. The summed E-state index contributed by atoms with van der Waals surface area (Å²) in [6, 6.07) is 5.34. The van der Waals surface area contributed by atoms with Crippen molar-refractivity contribution in [3.8, 4) is 0 Å². The maximum absolute atomic E-state index is 11.6. The molecule has 0 saturated heterocycles. The zero-order valence-electron chi connectivity index (χ0n) is 8.95. The van der Waals surface area contributed by atoms with Gasteiger partial charge in [-0.25, -0.2) is 4.79 Å². The molecule has 0 spiro atoms. The molecular weight excluding hydrogens is 210 g/mol. The molecule has 0 aliphatic rings. The molecule has 0 unspecified atom stereocenters. The van der Waals surface area contributed by atoms with Crippen molar-refractivity contribution in [2.45, 2.75) is 6.92 Å². The number of hydrogen-bond acceptors (Lipinski definition) is 4. The van der Waals surface area contributed by atoms with Crippen molar-refractivity contribution >= 4 is 23.4 Å². The second-order valence-electron chi connectivity index (χ2n) is 3.22. The number of ether oxygens (including phenoxy) is 1. The molecular formula is C11H15NO2S. The number of esters is 1. The lowest BCUT2D eigenvalue weighted by atomic mass is 10.1. The summed E-state index contributed by atoms with van der Waals surface area (Å²) in [5, 5.41) is 0. The van der Waals surface area contributed by atoms with Gasteiger partial charge in [-0.3, -0.25) is 0 Å². The first kappa shape index (κ1) is 11.9. The standard InChI is InChI=1S/C11H15NO2S/c1-8-3-4-10(12)9(7-8)11(13)14-5-6-15-2/h3-4,7H,5-6,12H2,1-2H3. The lowest BCUT2D eigenvalue weighted by Crippen LogP contribution is -2.10. The van der Waals surface area contributed by atoms with E-state index < -0.39 is 0 Å². The van der Waals surface area contributed by atoms with Crippen molar-refractivity contribution in [1.29, 1.82) is 0 Å². The average molecular weight is 225 g/mol. The van der Waals surface area contributed by atoms with Gasteiger partial charge < -0.3 is 10.5 Å². The molecule has 0 heterocycles. The fourth-order valence-electron chi connectivity index (χ4n) is 1.14. The van der Waals surface area contributed by atoms with E-state index in [0.717, 1.165) is 11.3 Å². The van der Waals surface area contributed by atoms with Crippen LogP contribution in [0.25, 0.3) is 0 Å². The van der Waals surface area contributed by atoms with Crippen LogP contribution >= 0.6 is 11.8 Å². The van der Waals surface area contributed by atoms with Crippen LogP contribution in [0.1, 0.15) is 15.9 Å². The largest absolute Gasteiger partial charge is 0.461 e. The monoisotopic (exact) mass is 225 g/mol. The van der Waals surface area contributed by atoms with Crippen molar-refractivity contribution in [2.24, 2.45) is 0 Å². The van der Waals surface area contributed by atoms with Gasteiger partial charge in [-0.1, -0.05) is 11.6 Å². The number of carbonyl (C=O) groups is 1. The van der Waals surface area contributed by atoms with Crippen LogP contribution in [0.5, 0.6) is 0 Å². The summed E-state index contributed by atoms with van der Waals surface area (Å²) in [5.74, 6) is 0.461. The smallest absolute Gasteiger partial charge is 0.340 e. The predicted molar refractivity (Wildman–Crippen MR) is 64.3 cm³/mol. The molecule has 1 rings (SSSR count). The fraction of sp³-hybridized carbons (Fsp3) is 0.364. The lowest BCUT2D eigenvalue weighted by molar-refractivity contribution is 0.0531. The first-order valence-corrected chi connectivity index (χ1v) is 6.06. The quantitative estimate of drug-likeness (QED) is 0.484. The summed E-state index contributed by atoms with van der Waals surface area (Å²) in [6.45, 7) is 2.34. The first-order valence-electron chi connectivity index (χ1n) is 4.67. The maximum Gasteiger partial charge on any atom is 0.340 e. The predicted octanol–water partition coefficient (Wildman–Crippen LogP) is 2.10. The number of aryl methyl sites for hydroxylation is 1. The molecule has 2 N–H and O–H groups in total. The van der Waals surface area contributed by atoms with E-state index in [9.17, 15) is 4.79 Å². The Bertz CT molecular complexity index is 352. The van der Waals surface area contributed by atoms with E-state index in [4.69, 9.17) is 10.5 Å². The summed E-state index contributed by atoms with van der Waals surface area (Å²) in [6.07, 6.45) is 1.97. The summed E-state index contributed by atoms with van der Waals surface area (Å²) >= 11 is 1.64. The molecule has 1 aromatic carbocycles. The Balaban J connectivity index is 2.68. The highest BCUT2D eigenvalue weighted by Gasteiger charge is 2.10. The topological polar surface area (TPSA) is 52.3 Å². The Morgan fingerprint density at radius 2 is 2.27 bits per heavy atom. The summed E-state index contributed by atoms with van der Waals surface area (Å²) in [5.41, 5.74) is 7.61. The average Bonchev–Trinajstić information content (AvgIpc) is 2.22. The summed E-state index contributed by atoms with van der Waals surface area (Å²) in [7, 11) is 0. The number of nitrogen functional groups attached to an aromatic ring is 1. The van der Waals surface area contributed by atoms with Gasteiger partial charge in [0, 0.05) is 11.4 Å². The van der Waals surface area contributed by atoms with Gasteiger partial charge in [0.05, 0.1) is 5.56 Å². The van der Waals surface area contributed by atoms with Crippen LogP contribution in [-0.2, 0) is 4.74 Å². The zero-order valence-corrected chi connectivity index (χ0v) is 9.76. The third kappa shape index (κ3) is 3.47. The highest BCUT2D eigenvalue weighted by molar-refractivity contribution is 7.98. The Morgan fingerprint density at radius 3 is 2.93 bits per heavy atom. The Hall–Kier alpha value is -1.16. The lowest BCUT2D eigenvalue weighted by Gasteiger charge is -2.06. The molecule has 4 heteroatoms. The van der Waals surface area contributed by atoms with Crippen molar-refractivity contribution < 1.29 is 9.53 Å². The van der Waals surface area contributed by atoms with Gasteiger partial charge in [-0.15, -0.1) is 0 Å². The number of nitrogens with two attached hydrogens (primary N) is 1. The van der Waals surface area contributed by atoms with E-state index in [1.807, 2.05) is 19.2 Å². The Kier molecular flexibility index (Phi) is 4.49. The third-order valence-electron chi connectivity index (χ3n) is 1.95. The highest BCUT2D eigenvalue weighted by Crippen LogP contribution is 2.14. The summed E-state index contributed by atoms with van der Waals surface area (Å²) < 4.78 is 5.06. The van der Waals surface area contributed by atoms with E-state index in [0.29, 0.717) is 17.9 Å². The number of hydrogen-bond donors (Lipinski definition) is 1. The van der Waals surface area contributed by atoms with Gasteiger partial charge in [0.25, 0.3) is 0 Å². The van der Waals surface area contributed by atoms with Crippen molar-refractivity contribution in [1.82, 2.24) is 0 Å². The zero-order chi connectivity index (χ0) is 11.3. The highest BCUT2D eigenvalue weighted by atomic mass is 32.2. The molecule has 0 amide bonds. The van der Waals surface area contributed by atoms with E-state index in [-0.39, 0.29) is 5.97 Å². The van der Waals surface area contributed by atoms with Crippen LogP contribution in [0.3, 0.4) is 0 Å². The molecule has 0 fully saturated rings. The number of anilines is 1. The molecule has 0 radical (unpaired) electrons. The van der Waals surface area contributed by atoms with Gasteiger partial charge in [0.1, 0.15) is 6.61 Å². The van der Waals surface area contributed by atoms with E-state index >= 15 is 0 Å². The van der Waals surface area contributed by atoms with Crippen molar-refractivity contribution in [3.63, 3.8) is 0 Å². The molecule has 0 bridgehead atoms. The first-order chi connectivity index (χ1) is 7.15. The molecule has 15 heavy (non-hydrogen) atoms. The minimum atomic E-state index is -0.342. The molecule has 0 aliphatic heterocycles. The molecule has 1 aromatic rings. The fourth-order valence-corrected chi connectivity index (χ4v) is 1.39. The Morgan fingerprint density at radius 1 is 1.53 bits per heavy atom. The van der Waals surface area contributed by atoms with Crippen LogP contribution < -0.4 is 5.73 Å². The molecule has 3 nitrogen and oxygen atoms in total. The number of benzene rings is 1. The van der Waals surface area contributed by atoms with E-state index in [1.165, 1.54) is 0 Å². The van der Waals surface area contributed by atoms with Crippen molar-refractivity contribution in [2.75, 3.05) is 24.3 Å². The Labute approximate surface area is 94.0 Å². The SMILES string of the molecule is CSCCOC(=O)c1cc(C)ccc1N. The van der Waals surface area contributed by atoms with Crippen LogP contribution in [0, 0.1) is 6.92 Å². The van der Waals surface area contributed by atoms with Crippen molar-refractivity contribution in [3.05, 3.63) is 29.3 Å². The molecule has 0 aromatic heterocycles. The maximum atomic E-state index is 11.6. The molecule has 0 atom stereocenters. The summed E-state index contributed by atoms with van der Waals surface area (Å²) in [4.78, 5) is 11.6. The second kappa shape index (κ2) is 5.66. The van der Waals surface area contributed by atoms with Gasteiger partial charge >= 0.3 is 5.97 Å². The molecule has 82 valence electrons. The molecule has 0 saturated carbocycles. The number of thioether (sulfide) groups is 1. The second-order valence-corrected chi connectivity index (χ2v) is 4.21. The minimum Gasteiger partial charge on any atom is -0.461 e. The van der Waals surface area contributed by atoms with Gasteiger partial charge in [-0.2, -0.15) is 11.8 Å². The minimum absolute atomic E-state index is 0.342. The number of rotatable bonds is 4. The van der Waals surface area contributed by atoms with E-state index in [1.54, 1.807) is 23.9 Å². The molecule has 0 aliphatic carbocycles. The van der Waals surface area contributed by atoms with Gasteiger partial charge in [-0.05, 0) is 25.3 Å². The van der Waals surface area contributed by atoms with Gasteiger partial charge in [0.15, 0.2) is 0 Å². The third-order valence-corrected chi connectivity index (χ3v) is 2.52. The normalized spacial score (nSPS) is 10.0.